The number of aliphatic hydroxyl groups is 1. The zero-order valence-electron chi connectivity index (χ0n) is 9.67. The van der Waals surface area contributed by atoms with Gasteiger partial charge >= 0.3 is 0 Å². The van der Waals surface area contributed by atoms with Crippen LogP contribution in [0.15, 0.2) is 18.3 Å². The normalized spacial score (nSPS) is 20.6. The molecule has 2 heterocycles. The van der Waals surface area contributed by atoms with E-state index in [9.17, 15) is 5.11 Å². The van der Waals surface area contributed by atoms with E-state index in [1.165, 1.54) is 0 Å². The number of nitrogens with zero attached hydrogens (tertiary/aromatic N) is 2. The third-order valence-corrected chi connectivity index (χ3v) is 3.38. The first kappa shape index (κ1) is 12.4. The van der Waals surface area contributed by atoms with Crippen LogP contribution in [0.4, 0.5) is 0 Å². The third kappa shape index (κ3) is 3.00. The fourth-order valence-corrected chi connectivity index (χ4v) is 2.36. The van der Waals surface area contributed by atoms with Crippen molar-refractivity contribution in [2.75, 3.05) is 13.2 Å². The summed E-state index contributed by atoms with van der Waals surface area (Å²) in [5.41, 5.74) is 7.37. The Labute approximate surface area is 106 Å². The SMILES string of the molecule is NC(=S)c1cc(CN2CCCC2CO)ccn1. The molecule has 0 aliphatic carbocycles. The third-order valence-electron chi connectivity index (χ3n) is 3.17. The van der Waals surface area contributed by atoms with Crippen LogP contribution in [0.25, 0.3) is 0 Å². The predicted octanol–water partition coefficient (Wildman–Crippen LogP) is 0.673. The number of likely N-dealkylation sites (tertiary alicyclic amines) is 1. The maximum atomic E-state index is 9.26. The lowest BCUT2D eigenvalue weighted by molar-refractivity contribution is 0.153. The molecule has 3 N–H and O–H groups in total. The molecule has 1 saturated heterocycles. The van der Waals surface area contributed by atoms with Gasteiger partial charge < -0.3 is 10.8 Å². The Hall–Kier alpha value is -1.04. The van der Waals surface area contributed by atoms with Crippen LogP contribution in [0.3, 0.4) is 0 Å². The zero-order chi connectivity index (χ0) is 12.3. The monoisotopic (exact) mass is 251 g/mol. The lowest BCUT2D eigenvalue weighted by atomic mass is 10.2. The Morgan fingerprint density at radius 3 is 3.18 bits per heavy atom. The Morgan fingerprint density at radius 1 is 1.65 bits per heavy atom. The molecule has 4 nitrogen and oxygen atoms in total. The predicted molar refractivity (Wildman–Crippen MR) is 70.6 cm³/mol. The van der Waals surface area contributed by atoms with Crippen molar-refractivity contribution in [3.63, 3.8) is 0 Å². The first-order valence-electron chi connectivity index (χ1n) is 5.80. The van der Waals surface area contributed by atoms with Gasteiger partial charge in [0.05, 0.1) is 12.3 Å². The molecule has 0 radical (unpaired) electrons. The second kappa shape index (κ2) is 5.53. The van der Waals surface area contributed by atoms with Crippen molar-refractivity contribution in [2.24, 2.45) is 5.73 Å². The van der Waals surface area contributed by atoms with Crippen molar-refractivity contribution in [1.29, 1.82) is 0 Å². The van der Waals surface area contributed by atoms with Crippen molar-refractivity contribution >= 4 is 17.2 Å². The van der Waals surface area contributed by atoms with Crippen LogP contribution in [-0.4, -0.2) is 39.2 Å². The molecule has 1 fully saturated rings. The molecule has 17 heavy (non-hydrogen) atoms. The quantitative estimate of drug-likeness (QED) is 0.770. The minimum absolute atomic E-state index is 0.229. The van der Waals surface area contributed by atoms with Gasteiger partial charge in [0.15, 0.2) is 0 Å². The smallest absolute Gasteiger partial charge is 0.122 e. The average Bonchev–Trinajstić information content (AvgIpc) is 2.76. The summed E-state index contributed by atoms with van der Waals surface area (Å²) in [7, 11) is 0. The van der Waals surface area contributed by atoms with Crippen molar-refractivity contribution in [1.82, 2.24) is 9.88 Å². The first-order chi connectivity index (χ1) is 8.20. The van der Waals surface area contributed by atoms with Crippen molar-refractivity contribution in [3.05, 3.63) is 29.6 Å². The molecule has 2 rings (SSSR count). The van der Waals surface area contributed by atoms with Crippen LogP contribution in [0.2, 0.25) is 0 Å². The Morgan fingerprint density at radius 2 is 2.47 bits per heavy atom. The summed E-state index contributed by atoms with van der Waals surface area (Å²) in [4.78, 5) is 6.73. The van der Waals surface area contributed by atoms with E-state index in [0.717, 1.165) is 31.5 Å². The molecule has 1 aromatic heterocycles. The summed E-state index contributed by atoms with van der Waals surface area (Å²) in [5, 5.41) is 9.26. The molecule has 0 saturated carbocycles. The molecular formula is C12H17N3OS. The number of rotatable bonds is 4. The van der Waals surface area contributed by atoms with Gasteiger partial charge in [-0.05, 0) is 37.1 Å². The van der Waals surface area contributed by atoms with Crippen molar-refractivity contribution in [2.45, 2.75) is 25.4 Å². The lowest BCUT2D eigenvalue weighted by Gasteiger charge is -2.22. The molecule has 1 aromatic rings. The van der Waals surface area contributed by atoms with Crippen LogP contribution in [0, 0.1) is 0 Å². The molecule has 0 spiro atoms. The number of hydrogen-bond donors (Lipinski definition) is 2. The van der Waals surface area contributed by atoms with Crippen molar-refractivity contribution in [3.8, 4) is 0 Å². The van der Waals surface area contributed by atoms with Gasteiger partial charge in [0, 0.05) is 18.8 Å². The van der Waals surface area contributed by atoms with Crippen LogP contribution in [0.5, 0.6) is 0 Å². The van der Waals surface area contributed by atoms with Gasteiger partial charge in [0.25, 0.3) is 0 Å². The average molecular weight is 251 g/mol. The summed E-state index contributed by atoms with van der Waals surface area (Å²) in [6.45, 7) is 2.09. The summed E-state index contributed by atoms with van der Waals surface area (Å²) in [6.07, 6.45) is 3.95. The van der Waals surface area contributed by atoms with E-state index in [0.29, 0.717) is 10.7 Å². The van der Waals surface area contributed by atoms with Gasteiger partial charge in [-0.25, -0.2) is 0 Å². The number of nitrogens with two attached hydrogens (primary N) is 1. The minimum atomic E-state index is 0.229. The molecular weight excluding hydrogens is 234 g/mol. The van der Waals surface area contributed by atoms with E-state index in [4.69, 9.17) is 18.0 Å². The molecule has 5 heteroatoms. The highest BCUT2D eigenvalue weighted by Gasteiger charge is 2.23. The number of thiocarbonyl (C=S) groups is 1. The second-order valence-electron chi connectivity index (χ2n) is 4.36. The first-order valence-corrected chi connectivity index (χ1v) is 6.21. The summed E-state index contributed by atoms with van der Waals surface area (Å²) in [5.74, 6) is 0. The minimum Gasteiger partial charge on any atom is -0.395 e. The van der Waals surface area contributed by atoms with Gasteiger partial charge in [0.1, 0.15) is 4.99 Å². The second-order valence-corrected chi connectivity index (χ2v) is 4.80. The Balaban J connectivity index is 2.07. The van der Waals surface area contributed by atoms with E-state index in [-0.39, 0.29) is 12.6 Å². The maximum Gasteiger partial charge on any atom is 0.122 e. The standard InChI is InChI=1S/C12H17N3OS/c13-12(17)11-6-9(3-4-14-11)7-15-5-1-2-10(15)8-16/h3-4,6,10,16H,1-2,5,7-8H2,(H2,13,17). The Kier molecular flexibility index (Phi) is 4.04. The van der Waals surface area contributed by atoms with Gasteiger partial charge in [-0.3, -0.25) is 9.88 Å². The van der Waals surface area contributed by atoms with Crippen LogP contribution in [0.1, 0.15) is 24.1 Å². The highest BCUT2D eigenvalue weighted by atomic mass is 32.1. The van der Waals surface area contributed by atoms with E-state index < -0.39 is 0 Å². The highest BCUT2D eigenvalue weighted by Crippen LogP contribution is 2.19. The summed E-state index contributed by atoms with van der Waals surface area (Å²) >= 11 is 4.91. The number of hydrogen-bond acceptors (Lipinski definition) is 4. The number of aromatic nitrogens is 1. The molecule has 0 bridgehead atoms. The highest BCUT2D eigenvalue weighted by molar-refractivity contribution is 7.80. The van der Waals surface area contributed by atoms with Gasteiger partial charge in [-0.2, -0.15) is 0 Å². The molecule has 1 unspecified atom stereocenters. The van der Waals surface area contributed by atoms with E-state index in [1.807, 2.05) is 12.1 Å². The van der Waals surface area contributed by atoms with Crippen molar-refractivity contribution < 1.29 is 5.11 Å². The molecule has 1 aliphatic heterocycles. The maximum absolute atomic E-state index is 9.26. The summed E-state index contributed by atoms with van der Waals surface area (Å²) < 4.78 is 0. The molecule has 0 amide bonds. The molecule has 1 aliphatic rings. The Bertz CT molecular complexity index is 410. The largest absolute Gasteiger partial charge is 0.395 e. The van der Waals surface area contributed by atoms with E-state index in [1.54, 1.807) is 6.20 Å². The van der Waals surface area contributed by atoms with Gasteiger partial charge in [-0.1, -0.05) is 12.2 Å². The molecule has 1 atom stereocenters. The van der Waals surface area contributed by atoms with Crippen LogP contribution in [-0.2, 0) is 6.54 Å². The number of pyridine rings is 1. The zero-order valence-corrected chi connectivity index (χ0v) is 10.5. The fraction of sp³-hybridized carbons (Fsp3) is 0.500. The summed E-state index contributed by atoms with van der Waals surface area (Å²) in [6, 6.07) is 4.18. The van der Waals surface area contributed by atoms with Crippen LogP contribution >= 0.6 is 12.2 Å². The van der Waals surface area contributed by atoms with Gasteiger partial charge in [-0.15, -0.1) is 0 Å². The van der Waals surface area contributed by atoms with E-state index in [2.05, 4.69) is 9.88 Å². The molecule has 0 aromatic carbocycles. The lowest BCUT2D eigenvalue weighted by Crippen LogP contribution is -2.31. The fourth-order valence-electron chi connectivity index (χ4n) is 2.25. The van der Waals surface area contributed by atoms with Crippen LogP contribution < -0.4 is 5.73 Å². The number of aliphatic hydroxyl groups excluding tert-OH is 1. The topological polar surface area (TPSA) is 62.4 Å². The molecule has 92 valence electrons. The van der Waals surface area contributed by atoms with Gasteiger partial charge in [0.2, 0.25) is 0 Å². The van der Waals surface area contributed by atoms with E-state index >= 15 is 0 Å².